The van der Waals surface area contributed by atoms with Gasteiger partial charge in [0.05, 0.1) is 20.9 Å². The summed E-state index contributed by atoms with van der Waals surface area (Å²) in [6, 6.07) is 12.1. The van der Waals surface area contributed by atoms with Gasteiger partial charge in [-0.3, -0.25) is 4.79 Å². The monoisotopic (exact) mass is 400 g/mol. The van der Waals surface area contributed by atoms with Gasteiger partial charge in [-0.25, -0.2) is 8.42 Å². The van der Waals surface area contributed by atoms with Gasteiger partial charge in [0.25, 0.3) is 5.91 Å². The molecular weight excluding hydrogens is 380 g/mol. The summed E-state index contributed by atoms with van der Waals surface area (Å²) in [5.74, 6) is -0.485. The number of thiazole rings is 1. The molecule has 140 valence electrons. The normalized spacial score (nSPS) is 12.4. The van der Waals surface area contributed by atoms with Crippen LogP contribution >= 0.6 is 11.3 Å². The Morgan fingerprint density at radius 2 is 2.04 bits per heavy atom. The SMILES string of the molecule is C=CCn1c(=NC(=O)c2cccc(S(=O)(=O)CC)c2)sc2cc(C)ccc21. The van der Waals surface area contributed by atoms with E-state index in [1.165, 1.54) is 23.5 Å². The molecule has 0 spiro atoms. The highest BCUT2D eigenvalue weighted by Crippen LogP contribution is 2.19. The number of sulfone groups is 1. The summed E-state index contributed by atoms with van der Waals surface area (Å²) in [5.41, 5.74) is 2.37. The lowest BCUT2D eigenvalue weighted by Crippen LogP contribution is -2.16. The van der Waals surface area contributed by atoms with E-state index < -0.39 is 15.7 Å². The number of carbonyl (C=O) groups is 1. The topological polar surface area (TPSA) is 68.5 Å². The zero-order valence-corrected chi connectivity index (χ0v) is 16.8. The molecule has 2 aromatic carbocycles. The lowest BCUT2D eigenvalue weighted by Gasteiger charge is -2.03. The van der Waals surface area contributed by atoms with Crippen molar-refractivity contribution in [3.8, 4) is 0 Å². The second-order valence-electron chi connectivity index (χ2n) is 6.10. The number of amides is 1. The van der Waals surface area contributed by atoms with Crippen molar-refractivity contribution in [1.82, 2.24) is 4.57 Å². The summed E-state index contributed by atoms with van der Waals surface area (Å²) in [6.45, 7) is 7.89. The van der Waals surface area contributed by atoms with E-state index in [-0.39, 0.29) is 16.2 Å². The first-order valence-corrected chi connectivity index (χ1v) is 11.0. The lowest BCUT2D eigenvalue weighted by atomic mass is 10.2. The average Bonchev–Trinajstić information content (AvgIpc) is 2.98. The van der Waals surface area contributed by atoms with Crippen LogP contribution in [-0.4, -0.2) is 24.6 Å². The molecule has 1 aromatic heterocycles. The number of rotatable bonds is 5. The Bertz CT molecular complexity index is 1200. The molecule has 0 N–H and O–H groups in total. The molecule has 0 unspecified atom stereocenters. The second-order valence-corrected chi connectivity index (χ2v) is 9.39. The minimum atomic E-state index is -3.38. The molecule has 0 saturated heterocycles. The van der Waals surface area contributed by atoms with Crippen molar-refractivity contribution in [2.45, 2.75) is 25.3 Å². The molecular formula is C20H20N2O3S2. The summed E-state index contributed by atoms with van der Waals surface area (Å²) in [4.78, 5) is 17.6. The van der Waals surface area contributed by atoms with Gasteiger partial charge in [-0.05, 0) is 42.8 Å². The van der Waals surface area contributed by atoms with Crippen LogP contribution < -0.4 is 4.80 Å². The van der Waals surface area contributed by atoms with Crippen LogP contribution in [0.5, 0.6) is 0 Å². The molecule has 0 atom stereocenters. The van der Waals surface area contributed by atoms with Crippen molar-refractivity contribution < 1.29 is 13.2 Å². The molecule has 0 fully saturated rings. The van der Waals surface area contributed by atoms with Gasteiger partial charge in [-0.2, -0.15) is 4.99 Å². The first-order valence-electron chi connectivity index (χ1n) is 8.48. The summed E-state index contributed by atoms with van der Waals surface area (Å²) in [7, 11) is -3.38. The number of aryl methyl sites for hydroxylation is 1. The summed E-state index contributed by atoms with van der Waals surface area (Å²) in [5, 5.41) is 0. The molecule has 0 aliphatic carbocycles. The molecule has 0 bridgehead atoms. The van der Waals surface area contributed by atoms with Gasteiger partial charge < -0.3 is 4.57 Å². The third kappa shape index (κ3) is 3.94. The van der Waals surface area contributed by atoms with Gasteiger partial charge in [-0.1, -0.05) is 36.5 Å². The Labute approximate surface area is 162 Å². The van der Waals surface area contributed by atoms with Crippen LogP contribution in [0.3, 0.4) is 0 Å². The zero-order chi connectivity index (χ0) is 19.6. The Morgan fingerprint density at radius 3 is 2.74 bits per heavy atom. The van der Waals surface area contributed by atoms with Crippen LogP contribution in [0.1, 0.15) is 22.8 Å². The summed E-state index contributed by atoms with van der Waals surface area (Å²) >= 11 is 1.42. The van der Waals surface area contributed by atoms with E-state index in [1.54, 1.807) is 25.1 Å². The van der Waals surface area contributed by atoms with E-state index >= 15 is 0 Å². The van der Waals surface area contributed by atoms with E-state index in [2.05, 4.69) is 17.6 Å². The number of allylic oxidation sites excluding steroid dienone is 1. The number of nitrogens with zero attached hydrogens (tertiary/aromatic N) is 2. The first kappa shape index (κ1) is 19.3. The molecule has 7 heteroatoms. The van der Waals surface area contributed by atoms with Crippen LogP contribution in [0.15, 0.2) is 65.0 Å². The Balaban J connectivity index is 2.12. The molecule has 1 amide bonds. The van der Waals surface area contributed by atoms with Gasteiger partial charge in [0.1, 0.15) is 0 Å². The standard InChI is InChI=1S/C20H20N2O3S2/c1-4-11-22-17-10-9-14(3)12-18(17)26-20(22)21-19(23)15-7-6-8-16(13-15)27(24,25)5-2/h4,6-10,12-13H,1,5,11H2,2-3H3. The smallest absolute Gasteiger partial charge is 0.279 e. The molecule has 0 saturated carbocycles. The number of carbonyl (C=O) groups excluding carboxylic acids is 1. The number of hydrogen-bond acceptors (Lipinski definition) is 4. The molecule has 3 aromatic rings. The van der Waals surface area contributed by atoms with Crippen molar-refractivity contribution in [3.63, 3.8) is 0 Å². The maximum Gasteiger partial charge on any atom is 0.279 e. The summed E-state index contributed by atoms with van der Waals surface area (Å²) in [6.07, 6.45) is 1.75. The Morgan fingerprint density at radius 1 is 1.26 bits per heavy atom. The second kappa shape index (κ2) is 7.62. The van der Waals surface area contributed by atoms with Crippen molar-refractivity contribution in [1.29, 1.82) is 0 Å². The van der Waals surface area contributed by atoms with Crippen molar-refractivity contribution >= 4 is 37.3 Å². The van der Waals surface area contributed by atoms with Crippen molar-refractivity contribution in [2.24, 2.45) is 4.99 Å². The van der Waals surface area contributed by atoms with Crippen molar-refractivity contribution in [3.05, 3.63) is 71.0 Å². The number of hydrogen-bond donors (Lipinski definition) is 0. The Hall–Kier alpha value is -2.51. The third-order valence-electron chi connectivity index (χ3n) is 4.17. The maximum atomic E-state index is 12.7. The molecule has 5 nitrogen and oxygen atoms in total. The molecule has 3 rings (SSSR count). The van der Waals surface area contributed by atoms with E-state index in [0.29, 0.717) is 11.3 Å². The van der Waals surface area contributed by atoms with Gasteiger partial charge >= 0.3 is 0 Å². The highest BCUT2D eigenvalue weighted by molar-refractivity contribution is 7.91. The molecule has 27 heavy (non-hydrogen) atoms. The predicted octanol–water partition coefficient (Wildman–Crippen LogP) is 3.73. The number of fused-ring (bicyclic) bond motifs is 1. The van der Waals surface area contributed by atoms with Gasteiger partial charge in [-0.15, -0.1) is 6.58 Å². The van der Waals surface area contributed by atoms with Crippen LogP contribution in [0.4, 0.5) is 0 Å². The number of benzene rings is 2. The minimum Gasteiger partial charge on any atom is -0.312 e. The van der Waals surface area contributed by atoms with Crippen LogP contribution in [0.2, 0.25) is 0 Å². The molecule has 0 radical (unpaired) electrons. The number of aromatic nitrogens is 1. The molecule has 0 aliphatic rings. The highest BCUT2D eigenvalue weighted by Gasteiger charge is 2.15. The lowest BCUT2D eigenvalue weighted by molar-refractivity contribution is 0.0997. The van der Waals surface area contributed by atoms with E-state index in [9.17, 15) is 13.2 Å². The average molecular weight is 401 g/mol. The van der Waals surface area contributed by atoms with E-state index in [1.807, 2.05) is 23.6 Å². The molecule has 1 heterocycles. The van der Waals surface area contributed by atoms with Crippen LogP contribution in [0.25, 0.3) is 10.2 Å². The maximum absolute atomic E-state index is 12.7. The van der Waals surface area contributed by atoms with Gasteiger partial charge in [0.2, 0.25) is 0 Å². The zero-order valence-electron chi connectivity index (χ0n) is 15.2. The highest BCUT2D eigenvalue weighted by atomic mass is 32.2. The van der Waals surface area contributed by atoms with E-state index in [4.69, 9.17) is 0 Å². The fourth-order valence-electron chi connectivity index (χ4n) is 2.71. The van der Waals surface area contributed by atoms with Gasteiger partial charge in [0, 0.05) is 12.1 Å². The van der Waals surface area contributed by atoms with Crippen molar-refractivity contribution in [2.75, 3.05) is 5.75 Å². The minimum absolute atomic E-state index is 0.0171. The van der Waals surface area contributed by atoms with Crippen LogP contribution in [-0.2, 0) is 16.4 Å². The Kier molecular flexibility index (Phi) is 5.43. The fraction of sp³-hybridized carbons (Fsp3) is 0.200. The predicted molar refractivity (Wildman–Crippen MR) is 109 cm³/mol. The van der Waals surface area contributed by atoms with E-state index in [0.717, 1.165) is 15.8 Å². The van der Waals surface area contributed by atoms with Crippen LogP contribution in [0, 0.1) is 6.92 Å². The van der Waals surface area contributed by atoms with Gasteiger partial charge in [0.15, 0.2) is 14.6 Å². The third-order valence-corrected chi connectivity index (χ3v) is 6.94. The fourth-order valence-corrected chi connectivity index (χ4v) is 4.77. The quantitative estimate of drug-likeness (QED) is 0.613. The first-order chi connectivity index (χ1) is 12.9. The molecule has 0 aliphatic heterocycles. The largest absolute Gasteiger partial charge is 0.312 e. The summed E-state index contributed by atoms with van der Waals surface area (Å²) < 4.78 is 27.1.